The topological polar surface area (TPSA) is 66.4 Å². The molecule has 7 atom stereocenters. The number of aliphatic hydroxyl groups is 1. The van der Waals surface area contributed by atoms with Gasteiger partial charge in [0.05, 0.1) is 15.6 Å². The average molecular weight is 673 g/mol. The first-order valence-electron chi connectivity index (χ1n) is 20.4. The highest BCUT2D eigenvalue weighted by molar-refractivity contribution is 6.74. The summed E-state index contributed by atoms with van der Waals surface area (Å²) in [4.78, 5) is 0. The molecule has 46 heavy (non-hydrogen) atoms. The van der Waals surface area contributed by atoms with E-state index in [1.807, 2.05) is 6.92 Å². The fourth-order valence-electron chi connectivity index (χ4n) is 5.54. The number of hydrogen-bond acceptors (Lipinski definition) is 6. The number of aliphatic hydroxyl groups excluding tert-OH is 1. The van der Waals surface area contributed by atoms with Crippen LogP contribution in [-0.2, 0) is 23.4 Å². The number of hydrogen-bond donors (Lipinski definition) is 1. The van der Waals surface area contributed by atoms with Gasteiger partial charge in [0, 0.05) is 13.2 Å². The molecule has 0 bridgehead atoms. The predicted octanol–water partition coefficient (Wildman–Crippen LogP) is 11.3. The maximum Gasteiger partial charge on any atom is 0.228 e. The van der Waals surface area contributed by atoms with Gasteiger partial charge in [-0.3, -0.25) is 0 Å². The lowest BCUT2D eigenvalue weighted by Gasteiger charge is -2.45. The molecular weight excluding hydrogens is 593 g/mol. The molecule has 6 nitrogen and oxygen atoms in total. The average Bonchev–Trinajstić information content (AvgIpc) is 3.03. The van der Waals surface area contributed by atoms with Crippen LogP contribution in [0.1, 0.15) is 173 Å². The summed E-state index contributed by atoms with van der Waals surface area (Å²) in [5, 5.41) is 11.7. The molecule has 0 aromatic rings. The van der Waals surface area contributed by atoms with E-state index < -0.39 is 52.2 Å². The minimum absolute atomic E-state index is 0.00426. The van der Waals surface area contributed by atoms with Gasteiger partial charge in [-0.25, -0.2) is 0 Å². The third-order valence-corrected chi connectivity index (χ3v) is 14.2. The van der Waals surface area contributed by atoms with E-state index in [1.54, 1.807) is 12.3 Å². The van der Waals surface area contributed by atoms with Crippen LogP contribution in [0.15, 0.2) is 12.3 Å². The van der Waals surface area contributed by atoms with Crippen molar-refractivity contribution < 1.29 is 31.2 Å². The van der Waals surface area contributed by atoms with Crippen LogP contribution in [-0.4, -0.2) is 63.9 Å². The van der Waals surface area contributed by atoms with E-state index in [-0.39, 0.29) is 11.6 Å². The van der Waals surface area contributed by atoms with Crippen molar-refractivity contribution in [1.82, 2.24) is 0 Å². The molecule has 1 heterocycles. The van der Waals surface area contributed by atoms with E-state index in [0.717, 1.165) is 25.7 Å². The Morgan fingerprint density at radius 1 is 0.696 bits per heavy atom. The quantitative estimate of drug-likeness (QED) is 0.0484. The molecule has 1 N–H and O–H groups in total. The summed E-state index contributed by atoms with van der Waals surface area (Å²) in [6.07, 6.45) is 22.0. The van der Waals surface area contributed by atoms with Gasteiger partial charge < -0.3 is 28.5 Å². The van der Waals surface area contributed by atoms with E-state index in [1.165, 1.54) is 89.9 Å². The molecule has 0 spiro atoms. The van der Waals surface area contributed by atoms with Gasteiger partial charge in [0.2, 0.25) is 6.29 Å². The second-order valence-corrected chi connectivity index (χ2v) is 19.8. The Bertz CT molecular complexity index is 795. The smallest absolute Gasteiger partial charge is 0.228 e. The Morgan fingerprint density at radius 3 is 1.52 bits per heavy atom. The first kappa shape index (κ1) is 40.0. The van der Waals surface area contributed by atoms with Gasteiger partial charge in [-0.2, -0.15) is 0 Å². The lowest BCUT2D eigenvalue weighted by atomic mass is 9.98. The molecule has 3 unspecified atom stereocenters. The van der Waals surface area contributed by atoms with Gasteiger partial charge >= 0.3 is 0 Å². The summed E-state index contributed by atoms with van der Waals surface area (Å²) >= 11 is 0. The zero-order valence-electron chi connectivity index (χ0n) is 33.5. The van der Waals surface area contributed by atoms with Crippen molar-refractivity contribution in [2.24, 2.45) is 0 Å². The monoisotopic (exact) mass is 673 g/mol. The molecule has 1 aliphatic rings. The summed E-state index contributed by atoms with van der Waals surface area (Å²) in [6, 6.07) is 0. The molecule has 274 valence electrons. The molecule has 0 aromatic heterocycles. The van der Waals surface area contributed by atoms with Crippen molar-refractivity contribution in [2.75, 3.05) is 19.8 Å². The molecule has 1 saturated heterocycles. The zero-order chi connectivity index (χ0) is 35.8. The molecule has 0 aliphatic carbocycles. The molecule has 1 aliphatic heterocycles. The second-order valence-electron chi connectivity index (χ2n) is 15.0. The summed E-state index contributed by atoms with van der Waals surface area (Å²) in [5.41, 5.74) is 0. The molecule has 0 amide bonds. The van der Waals surface area contributed by atoms with Gasteiger partial charge in [0.25, 0.3) is 0 Å². The van der Waals surface area contributed by atoms with Crippen LogP contribution in [0.4, 0.5) is 0 Å². The molecule has 1 rings (SSSR count). The first-order chi connectivity index (χ1) is 22.9. The van der Waals surface area contributed by atoms with Crippen LogP contribution >= 0.6 is 0 Å². The number of ether oxygens (including phenoxy) is 4. The van der Waals surface area contributed by atoms with Gasteiger partial charge in [0.1, 0.15) is 24.4 Å². The summed E-state index contributed by atoms with van der Waals surface area (Å²) in [6.45, 7) is 15.8. The molecule has 1 fully saturated rings. The maximum atomic E-state index is 11.7. The van der Waals surface area contributed by atoms with Crippen LogP contribution in [0.3, 0.4) is 0 Å². The number of unbranched alkanes of at least 4 members (excludes halogenated alkanes) is 16. The van der Waals surface area contributed by atoms with E-state index in [9.17, 15) is 5.11 Å². The Hall–Kier alpha value is -0.443. The molecular formula is C39H78O6Si. The lowest BCUT2D eigenvalue weighted by molar-refractivity contribution is -0.304. The minimum atomic E-state index is -2.12. The van der Waals surface area contributed by atoms with Crippen LogP contribution in [0.2, 0.25) is 18.1 Å². The Kier molecular flexibility index (Phi) is 23.0. The van der Waals surface area contributed by atoms with Crippen LogP contribution in [0, 0.1) is 0 Å². The van der Waals surface area contributed by atoms with E-state index in [2.05, 4.69) is 47.7 Å². The van der Waals surface area contributed by atoms with E-state index >= 15 is 0 Å². The van der Waals surface area contributed by atoms with Gasteiger partial charge in [-0.05, 0) is 37.9 Å². The first-order valence-corrected chi connectivity index (χ1v) is 22.2. The maximum absolute atomic E-state index is 11.7. The van der Waals surface area contributed by atoms with Crippen molar-refractivity contribution in [3.8, 4) is 0 Å². The Balaban J connectivity index is 2.88. The minimum Gasteiger partial charge on any atom is -0.470 e. The molecule has 0 radical (unpaired) electrons. The summed E-state index contributed by atoms with van der Waals surface area (Å²) in [7, 11) is -2.12. The molecule has 0 aromatic carbocycles. The highest BCUT2D eigenvalue weighted by Crippen LogP contribution is 2.37. The largest absolute Gasteiger partial charge is 0.470 e. The fourth-order valence-corrected chi connectivity index (χ4v) is 6.55. The summed E-state index contributed by atoms with van der Waals surface area (Å²) < 4.78 is 48.9. The zero-order valence-corrected chi connectivity index (χ0v) is 32.5. The normalized spacial score (nSPS) is 24.6. The third kappa shape index (κ3) is 18.9. The molecule has 7 heteroatoms. The third-order valence-electron chi connectivity index (χ3n) is 9.74. The van der Waals surface area contributed by atoms with Crippen molar-refractivity contribution >= 4 is 8.32 Å². The van der Waals surface area contributed by atoms with Gasteiger partial charge in [-0.15, -0.1) is 0 Å². The van der Waals surface area contributed by atoms with Crippen LogP contribution in [0.25, 0.3) is 0 Å². The Morgan fingerprint density at radius 2 is 1.11 bits per heavy atom. The van der Waals surface area contributed by atoms with Crippen molar-refractivity contribution in [3.63, 3.8) is 0 Å². The SMILES string of the molecule is [2H]C(CCCCCCCCCCC)O[C@H]1[C@H](O)[C@@H](CO[Si](C)(C)C(C)(C)C)OC(O/C=C/C)[C@@H]1OC([2H])CCCCCCCCCCC. The standard InChI is InChI=1S/C39H78O6Si/c1-9-12-14-16-18-20-22-24-26-28-31-41-36-35(40)34(33-44-46(7,8)39(4,5)6)45-38(43-30-11-3)37(36)42-32-29-27-25-23-21-19-17-15-13-10-2/h11,30,34-38,40H,9-10,12-29,31-33H2,1-8H3/b30-11+/t34-,35-,36+,37-,38?/m1/s1/i31D,32D/t31?,32?,34-,35-,36+,37-,38?. The number of allylic oxidation sites excluding steroid dienone is 1. The summed E-state index contributed by atoms with van der Waals surface area (Å²) in [5.74, 6) is 0. The highest BCUT2D eigenvalue weighted by atomic mass is 28.4. The molecule has 0 saturated carbocycles. The van der Waals surface area contributed by atoms with Crippen LogP contribution in [0.5, 0.6) is 0 Å². The Labute approximate surface area is 290 Å². The predicted molar refractivity (Wildman–Crippen MR) is 197 cm³/mol. The highest BCUT2D eigenvalue weighted by Gasteiger charge is 2.49. The van der Waals surface area contributed by atoms with Crippen molar-refractivity contribution in [2.45, 2.75) is 219 Å². The number of rotatable bonds is 29. The van der Waals surface area contributed by atoms with Crippen LogP contribution < -0.4 is 0 Å². The lowest BCUT2D eigenvalue weighted by Crippen LogP contribution is -2.61. The van der Waals surface area contributed by atoms with Crippen molar-refractivity contribution in [1.29, 1.82) is 0 Å². The van der Waals surface area contributed by atoms with Gasteiger partial charge in [0.15, 0.2) is 8.32 Å². The van der Waals surface area contributed by atoms with Gasteiger partial charge in [-0.1, -0.05) is 156 Å². The van der Waals surface area contributed by atoms with E-state index in [0.29, 0.717) is 12.8 Å². The second kappa shape index (κ2) is 26.4. The van der Waals surface area contributed by atoms with E-state index in [4.69, 9.17) is 26.1 Å². The fraction of sp³-hybridized carbons (Fsp3) is 0.949. The van der Waals surface area contributed by atoms with Crippen molar-refractivity contribution in [3.05, 3.63) is 12.3 Å².